The summed E-state index contributed by atoms with van der Waals surface area (Å²) >= 11 is -2.06. The van der Waals surface area contributed by atoms with Crippen LogP contribution in [-0.2, 0) is 29.0 Å². The van der Waals surface area contributed by atoms with E-state index in [1.165, 1.54) is 0 Å². The zero-order chi connectivity index (χ0) is 10.6. The van der Waals surface area contributed by atoms with E-state index in [1.807, 2.05) is 6.92 Å². The van der Waals surface area contributed by atoms with Gasteiger partial charge in [-0.25, -0.2) is 0 Å². The van der Waals surface area contributed by atoms with Gasteiger partial charge in [0.2, 0.25) is 0 Å². The minimum absolute atomic E-state index is 0. The molecule has 0 heterocycles. The second kappa shape index (κ2) is 14.9. The maximum absolute atomic E-state index is 5.59. The fraction of sp³-hybridized carbons (Fsp3) is 1.00. The Kier molecular flexibility index (Phi) is 18.1. The van der Waals surface area contributed by atoms with Gasteiger partial charge >= 0.3 is 95.3 Å². The van der Waals surface area contributed by atoms with E-state index in [4.69, 9.17) is 9.96 Å². The Hall–Kier alpha value is 0.884. The fourth-order valence-electron chi connectivity index (χ4n) is 0.843. The van der Waals surface area contributed by atoms with Crippen LogP contribution >= 0.6 is 12.4 Å². The quantitative estimate of drug-likeness (QED) is 0.451. The predicted molar refractivity (Wildman–Crippen MR) is 60.6 cm³/mol. The molecule has 5 heteroatoms. The van der Waals surface area contributed by atoms with Crippen molar-refractivity contribution in [3.63, 3.8) is 0 Å². The Balaban J connectivity index is 0. The minimum atomic E-state index is -2.06. The molecule has 0 atom stereocenters. The molecule has 0 aromatic rings. The van der Waals surface area contributed by atoms with Crippen LogP contribution in [0.2, 0.25) is 0 Å². The van der Waals surface area contributed by atoms with Gasteiger partial charge in [0.1, 0.15) is 0 Å². The molecule has 3 nitrogen and oxygen atoms in total. The molecular weight excluding hydrogens is 251 g/mol. The standard InChI is InChI=1S/2C4H9O.C2H5O.ClH.Ti/c2*1-2-3-4-5;1-2-3;;/h2*2-4H2,1H3;2H2,1H3;1H;/q3*-1;;+3. The predicted octanol–water partition coefficient (Wildman–Crippen LogP) is 3.44. The molecule has 0 unspecified atom stereocenters. The van der Waals surface area contributed by atoms with Crippen LogP contribution in [0, 0.1) is 0 Å². The van der Waals surface area contributed by atoms with Crippen molar-refractivity contribution in [2.24, 2.45) is 0 Å². The van der Waals surface area contributed by atoms with E-state index in [2.05, 4.69) is 13.8 Å². The Morgan fingerprint density at radius 2 is 1.27 bits per heavy atom. The number of unbranched alkanes of at least 4 members (excludes halogenated alkanes) is 2. The molecule has 0 saturated carbocycles. The van der Waals surface area contributed by atoms with Gasteiger partial charge in [0.05, 0.1) is 0 Å². The van der Waals surface area contributed by atoms with Crippen molar-refractivity contribution in [2.45, 2.75) is 46.5 Å². The molecule has 93 valence electrons. The molecular formula is C10H24ClO3Ti. The second-order valence-electron chi connectivity index (χ2n) is 3.09. The topological polar surface area (TPSA) is 27.7 Å². The SMILES string of the molecule is CCCC[O][Ti]([O]CC)[O]CCCC.Cl. The molecule has 0 bridgehead atoms. The van der Waals surface area contributed by atoms with E-state index >= 15 is 0 Å². The molecule has 0 rings (SSSR count). The zero-order valence-corrected chi connectivity index (χ0v) is 12.5. The first-order valence-electron chi connectivity index (χ1n) is 5.60. The van der Waals surface area contributed by atoms with E-state index in [9.17, 15) is 0 Å². The first-order valence-corrected chi connectivity index (χ1v) is 7.51. The van der Waals surface area contributed by atoms with Crippen LogP contribution < -0.4 is 0 Å². The van der Waals surface area contributed by atoms with Crippen molar-refractivity contribution < 1.29 is 29.0 Å². The second-order valence-corrected chi connectivity index (χ2v) is 5.22. The third-order valence-electron chi connectivity index (χ3n) is 1.70. The smallest absolute Gasteiger partial charge is 0.147 e. The third kappa shape index (κ3) is 12.8. The fourth-order valence-corrected chi connectivity index (χ4v) is 2.57. The van der Waals surface area contributed by atoms with Gasteiger partial charge < -0.3 is 0 Å². The van der Waals surface area contributed by atoms with Crippen molar-refractivity contribution in [3.05, 3.63) is 0 Å². The number of hydrogen-bond acceptors (Lipinski definition) is 3. The van der Waals surface area contributed by atoms with E-state index in [-0.39, 0.29) is 12.4 Å². The van der Waals surface area contributed by atoms with Crippen LogP contribution in [0.4, 0.5) is 0 Å². The molecule has 0 saturated heterocycles. The molecule has 0 aromatic heterocycles. The number of hydrogen-bond donors (Lipinski definition) is 0. The van der Waals surface area contributed by atoms with Gasteiger partial charge in [-0.3, -0.25) is 0 Å². The minimum Gasteiger partial charge on any atom is -0.147 e. The summed E-state index contributed by atoms with van der Waals surface area (Å²) in [5.74, 6) is 0. The summed E-state index contributed by atoms with van der Waals surface area (Å²) < 4.78 is 16.6. The molecule has 0 aliphatic heterocycles. The van der Waals surface area contributed by atoms with E-state index in [0.29, 0.717) is 6.61 Å². The Bertz CT molecular complexity index is 107. The molecule has 0 fully saturated rings. The van der Waals surface area contributed by atoms with Crippen molar-refractivity contribution >= 4 is 12.4 Å². The summed E-state index contributed by atoms with van der Waals surface area (Å²) in [6.45, 7) is 8.58. The van der Waals surface area contributed by atoms with E-state index in [0.717, 1.165) is 38.9 Å². The van der Waals surface area contributed by atoms with Gasteiger partial charge in [-0.05, 0) is 0 Å². The van der Waals surface area contributed by atoms with Gasteiger partial charge in [-0.2, -0.15) is 0 Å². The first kappa shape index (κ1) is 18.3. The van der Waals surface area contributed by atoms with Crippen molar-refractivity contribution in [1.29, 1.82) is 0 Å². The molecule has 0 aromatic carbocycles. The molecule has 0 aliphatic rings. The van der Waals surface area contributed by atoms with Gasteiger partial charge in [0.15, 0.2) is 0 Å². The van der Waals surface area contributed by atoms with Crippen LogP contribution in [-0.4, -0.2) is 19.8 Å². The summed E-state index contributed by atoms with van der Waals surface area (Å²) in [7, 11) is 0. The molecule has 0 radical (unpaired) electrons. The molecule has 0 aliphatic carbocycles. The van der Waals surface area contributed by atoms with Gasteiger partial charge in [0, 0.05) is 0 Å². The van der Waals surface area contributed by atoms with Crippen LogP contribution in [0.25, 0.3) is 0 Å². The summed E-state index contributed by atoms with van der Waals surface area (Å²) in [6, 6.07) is 0. The number of halogens is 1. The van der Waals surface area contributed by atoms with Crippen LogP contribution in [0.15, 0.2) is 0 Å². The monoisotopic (exact) mass is 275 g/mol. The summed E-state index contributed by atoms with van der Waals surface area (Å²) in [5, 5.41) is 0. The Morgan fingerprint density at radius 1 is 0.800 bits per heavy atom. The van der Waals surface area contributed by atoms with Crippen LogP contribution in [0.5, 0.6) is 0 Å². The Labute approximate surface area is 108 Å². The van der Waals surface area contributed by atoms with Crippen LogP contribution in [0.1, 0.15) is 46.5 Å². The summed E-state index contributed by atoms with van der Waals surface area (Å²) in [6.07, 6.45) is 4.51. The molecule has 0 amide bonds. The maximum Gasteiger partial charge on any atom is -0.147 e. The van der Waals surface area contributed by atoms with Crippen molar-refractivity contribution in [3.8, 4) is 0 Å². The zero-order valence-electron chi connectivity index (χ0n) is 10.1. The van der Waals surface area contributed by atoms with E-state index in [1.54, 1.807) is 0 Å². The van der Waals surface area contributed by atoms with Gasteiger partial charge in [-0.15, -0.1) is 12.4 Å². The number of rotatable bonds is 10. The Morgan fingerprint density at radius 3 is 1.60 bits per heavy atom. The van der Waals surface area contributed by atoms with Crippen LogP contribution in [0.3, 0.4) is 0 Å². The molecule has 15 heavy (non-hydrogen) atoms. The third-order valence-corrected chi connectivity index (χ3v) is 3.89. The largest absolute Gasteiger partial charge is 0.147 e. The molecule has 0 spiro atoms. The first-order chi connectivity index (χ1) is 6.85. The van der Waals surface area contributed by atoms with Crippen molar-refractivity contribution in [2.75, 3.05) is 19.8 Å². The summed E-state index contributed by atoms with van der Waals surface area (Å²) in [4.78, 5) is 0. The molecule has 0 N–H and O–H groups in total. The maximum atomic E-state index is 5.59. The van der Waals surface area contributed by atoms with Gasteiger partial charge in [-0.1, -0.05) is 0 Å². The van der Waals surface area contributed by atoms with E-state index < -0.39 is 19.0 Å². The average molecular weight is 276 g/mol. The van der Waals surface area contributed by atoms with Gasteiger partial charge in [0.25, 0.3) is 0 Å². The summed E-state index contributed by atoms with van der Waals surface area (Å²) in [5.41, 5.74) is 0. The average Bonchev–Trinajstić information content (AvgIpc) is 2.18. The van der Waals surface area contributed by atoms with Crippen molar-refractivity contribution in [1.82, 2.24) is 0 Å². The normalized spacial score (nSPS) is 9.80.